The van der Waals surface area contributed by atoms with E-state index in [1.165, 1.54) is 24.4 Å². The first kappa shape index (κ1) is 11.6. The molecule has 6 heteroatoms. The molecule has 2 rings (SSSR count). The van der Waals surface area contributed by atoms with Crippen molar-refractivity contribution in [3.05, 3.63) is 46.4 Å². The number of carbonyl (C=O) groups excluding carboxylic acids is 1. The molecule has 1 aromatic carbocycles. The van der Waals surface area contributed by atoms with Crippen LogP contribution in [-0.4, -0.2) is 16.0 Å². The Hall–Kier alpha value is -1.88. The molecule has 0 radical (unpaired) electrons. The van der Waals surface area contributed by atoms with E-state index in [2.05, 4.69) is 10.2 Å². The van der Waals surface area contributed by atoms with Crippen LogP contribution in [-0.2, 0) is 6.42 Å². The predicted molar refractivity (Wildman–Crippen MR) is 62.4 cm³/mol. The molecule has 3 N–H and O–H groups in total. The minimum Gasteiger partial charge on any atom is -0.383 e. The number of ketones is 1. The summed E-state index contributed by atoms with van der Waals surface area (Å²) in [5.41, 5.74) is 6.48. The SMILES string of the molecule is Nc1[nH]ncc1C(=O)Cc1ccc(F)c(Cl)c1. The lowest BCUT2D eigenvalue weighted by Gasteiger charge is -2.01. The molecule has 0 spiro atoms. The predicted octanol–water partition coefficient (Wildman–Crippen LogP) is 2.21. The second-order valence-corrected chi connectivity index (χ2v) is 3.95. The number of benzene rings is 1. The molecule has 0 aliphatic heterocycles. The van der Waals surface area contributed by atoms with Gasteiger partial charge in [-0.2, -0.15) is 5.10 Å². The maximum absolute atomic E-state index is 12.9. The average molecular weight is 254 g/mol. The number of hydrogen-bond acceptors (Lipinski definition) is 3. The first-order chi connectivity index (χ1) is 8.08. The number of hydrogen-bond donors (Lipinski definition) is 2. The van der Waals surface area contributed by atoms with Crippen molar-refractivity contribution in [1.29, 1.82) is 0 Å². The van der Waals surface area contributed by atoms with Gasteiger partial charge in [0, 0.05) is 6.42 Å². The Morgan fingerprint density at radius 1 is 1.53 bits per heavy atom. The number of rotatable bonds is 3. The summed E-state index contributed by atoms with van der Waals surface area (Å²) in [7, 11) is 0. The Labute approximate surface area is 102 Å². The van der Waals surface area contributed by atoms with E-state index in [4.69, 9.17) is 17.3 Å². The summed E-state index contributed by atoms with van der Waals surface area (Å²) >= 11 is 5.62. The number of nitrogens with one attached hydrogen (secondary N) is 1. The van der Waals surface area contributed by atoms with Gasteiger partial charge in [0.05, 0.1) is 16.8 Å². The van der Waals surface area contributed by atoms with E-state index < -0.39 is 5.82 Å². The van der Waals surface area contributed by atoms with Gasteiger partial charge in [-0.25, -0.2) is 4.39 Å². The number of halogens is 2. The van der Waals surface area contributed by atoms with E-state index in [9.17, 15) is 9.18 Å². The number of Topliss-reactive ketones (excluding diaryl/α,β-unsaturated/α-hetero) is 1. The van der Waals surface area contributed by atoms with Gasteiger partial charge in [-0.3, -0.25) is 9.89 Å². The van der Waals surface area contributed by atoms with Crippen LogP contribution in [0.5, 0.6) is 0 Å². The minimum absolute atomic E-state index is 0.00420. The van der Waals surface area contributed by atoms with Gasteiger partial charge in [0.1, 0.15) is 11.6 Å². The van der Waals surface area contributed by atoms with Crippen molar-refractivity contribution in [2.24, 2.45) is 0 Å². The Kier molecular flexibility index (Phi) is 3.10. The third-order valence-corrected chi connectivity index (χ3v) is 2.61. The molecule has 0 amide bonds. The number of aromatic amines is 1. The van der Waals surface area contributed by atoms with Crippen molar-refractivity contribution in [2.45, 2.75) is 6.42 Å². The Morgan fingerprint density at radius 3 is 2.88 bits per heavy atom. The second-order valence-electron chi connectivity index (χ2n) is 3.55. The highest BCUT2D eigenvalue weighted by Gasteiger charge is 2.13. The number of nitrogen functional groups attached to an aromatic ring is 1. The molecule has 0 unspecified atom stereocenters. The van der Waals surface area contributed by atoms with Crippen LogP contribution in [0.2, 0.25) is 5.02 Å². The summed E-state index contributed by atoms with van der Waals surface area (Å²) in [6, 6.07) is 4.16. The summed E-state index contributed by atoms with van der Waals surface area (Å²) in [5.74, 6) is -0.479. The highest BCUT2D eigenvalue weighted by atomic mass is 35.5. The molecule has 0 atom stereocenters. The fourth-order valence-electron chi connectivity index (χ4n) is 1.45. The molecule has 0 saturated heterocycles. The summed E-state index contributed by atoms with van der Waals surface area (Å²) in [5, 5.41) is 6.13. The van der Waals surface area contributed by atoms with Crippen molar-refractivity contribution in [1.82, 2.24) is 10.2 Å². The normalized spacial score (nSPS) is 10.5. The highest BCUT2D eigenvalue weighted by Crippen LogP contribution is 2.18. The van der Waals surface area contributed by atoms with Crippen molar-refractivity contribution in [2.75, 3.05) is 5.73 Å². The van der Waals surface area contributed by atoms with Gasteiger partial charge in [-0.15, -0.1) is 0 Å². The van der Waals surface area contributed by atoms with Crippen molar-refractivity contribution in [3.63, 3.8) is 0 Å². The van der Waals surface area contributed by atoms with Crippen molar-refractivity contribution < 1.29 is 9.18 Å². The molecular weight excluding hydrogens is 245 g/mol. The molecule has 2 aromatic rings. The lowest BCUT2D eigenvalue weighted by molar-refractivity contribution is 0.0994. The largest absolute Gasteiger partial charge is 0.383 e. The highest BCUT2D eigenvalue weighted by molar-refractivity contribution is 6.30. The molecule has 4 nitrogen and oxygen atoms in total. The van der Waals surface area contributed by atoms with E-state index in [1.54, 1.807) is 0 Å². The van der Waals surface area contributed by atoms with E-state index in [-0.39, 0.29) is 23.0 Å². The fourth-order valence-corrected chi connectivity index (χ4v) is 1.65. The van der Waals surface area contributed by atoms with Crippen LogP contribution in [0.4, 0.5) is 10.2 Å². The zero-order valence-electron chi connectivity index (χ0n) is 8.71. The van der Waals surface area contributed by atoms with Crippen LogP contribution in [0.15, 0.2) is 24.4 Å². The number of H-pyrrole nitrogens is 1. The van der Waals surface area contributed by atoms with E-state index in [1.807, 2.05) is 0 Å². The van der Waals surface area contributed by atoms with Crippen LogP contribution in [0.1, 0.15) is 15.9 Å². The molecule has 0 bridgehead atoms. The maximum Gasteiger partial charge on any atom is 0.172 e. The average Bonchev–Trinajstić information content (AvgIpc) is 2.70. The Morgan fingerprint density at radius 2 is 2.29 bits per heavy atom. The van der Waals surface area contributed by atoms with Gasteiger partial charge >= 0.3 is 0 Å². The summed E-state index contributed by atoms with van der Waals surface area (Å²) in [6.07, 6.45) is 1.46. The zero-order valence-corrected chi connectivity index (χ0v) is 9.46. The molecule has 17 heavy (non-hydrogen) atoms. The second kappa shape index (κ2) is 4.55. The first-order valence-corrected chi connectivity index (χ1v) is 5.21. The Bertz CT molecular complexity index is 568. The van der Waals surface area contributed by atoms with Crippen LogP contribution in [0.3, 0.4) is 0 Å². The maximum atomic E-state index is 12.9. The van der Waals surface area contributed by atoms with Crippen LogP contribution in [0, 0.1) is 5.82 Å². The van der Waals surface area contributed by atoms with Gasteiger partial charge < -0.3 is 5.73 Å². The first-order valence-electron chi connectivity index (χ1n) is 4.84. The number of anilines is 1. The zero-order chi connectivity index (χ0) is 12.4. The van der Waals surface area contributed by atoms with E-state index in [0.717, 1.165) is 0 Å². The third kappa shape index (κ3) is 2.45. The fraction of sp³-hybridized carbons (Fsp3) is 0.0909. The van der Waals surface area contributed by atoms with Gasteiger partial charge in [0.2, 0.25) is 0 Å². The molecule has 0 fully saturated rings. The lowest BCUT2D eigenvalue weighted by Crippen LogP contribution is -2.05. The summed E-state index contributed by atoms with van der Waals surface area (Å²) in [6.45, 7) is 0. The summed E-state index contributed by atoms with van der Waals surface area (Å²) < 4.78 is 12.9. The molecular formula is C11H9ClFN3O. The van der Waals surface area contributed by atoms with E-state index in [0.29, 0.717) is 11.1 Å². The quantitative estimate of drug-likeness (QED) is 0.824. The number of nitrogens with zero attached hydrogens (tertiary/aromatic N) is 1. The van der Waals surface area contributed by atoms with Crippen molar-refractivity contribution in [3.8, 4) is 0 Å². The number of aromatic nitrogens is 2. The molecule has 0 saturated carbocycles. The molecule has 88 valence electrons. The molecule has 0 aliphatic rings. The monoisotopic (exact) mass is 253 g/mol. The van der Waals surface area contributed by atoms with Gasteiger partial charge in [0.25, 0.3) is 0 Å². The number of nitrogens with two attached hydrogens (primary N) is 1. The van der Waals surface area contributed by atoms with Gasteiger partial charge in [0.15, 0.2) is 5.78 Å². The number of carbonyl (C=O) groups is 1. The molecule has 0 aliphatic carbocycles. The van der Waals surface area contributed by atoms with Gasteiger partial charge in [-0.1, -0.05) is 17.7 Å². The van der Waals surface area contributed by atoms with Crippen LogP contribution < -0.4 is 5.73 Å². The minimum atomic E-state index is -0.509. The van der Waals surface area contributed by atoms with E-state index >= 15 is 0 Å². The topological polar surface area (TPSA) is 71.8 Å². The van der Waals surface area contributed by atoms with Crippen LogP contribution >= 0.6 is 11.6 Å². The van der Waals surface area contributed by atoms with Crippen LogP contribution in [0.25, 0.3) is 0 Å². The standard InChI is InChI=1S/C11H9ClFN3O/c12-8-3-6(1-2-9(8)13)4-10(17)7-5-15-16-11(7)14/h1-3,5H,4H2,(H3,14,15,16). The Balaban J connectivity index is 2.19. The van der Waals surface area contributed by atoms with Crippen molar-refractivity contribution >= 4 is 23.2 Å². The third-order valence-electron chi connectivity index (χ3n) is 2.32. The molecule has 1 heterocycles. The van der Waals surface area contributed by atoms with Gasteiger partial charge in [-0.05, 0) is 17.7 Å². The smallest absolute Gasteiger partial charge is 0.172 e. The molecule has 1 aromatic heterocycles. The summed E-state index contributed by atoms with van der Waals surface area (Å²) in [4.78, 5) is 11.8. The lowest BCUT2D eigenvalue weighted by atomic mass is 10.1.